The number of nitrogens with two attached hydrogens (primary N) is 1. The van der Waals surface area contributed by atoms with Crippen molar-refractivity contribution in [1.29, 1.82) is 0 Å². The first-order valence-electron chi connectivity index (χ1n) is 5.16. The molecule has 1 aromatic heterocycles. The fraction of sp³-hybridized carbons (Fsp3) is 0.167. The van der Waals surface area contributed by atoms with Crippen molar-refractivity contribution in [2.75, 3.05) is 11.9 Å². The van der Waals surface area contributed by atoms with Gasteiger partial charge >= 0.3 is 0 Å². The van der Waals surface area contributed by atoms with Gasteiger partial charge in [-0.05, 0) is 36.4 Å². The third-order valence-electron chi connectivity index (χ3n) is 2.36. The summed E-state index contributed by atoms with van der Waals surface area (Å²) in [6, 6.07) is 12.0. The second kappa shape index (κ2) is 5.87. The molecule has 2 nitrogen and oxygen atoms in total. The van der Waals surface area contributed by atoms with Crippen LogP contribution in [0.15, 0.2) is 40.9 Å². The molecule has 1 aromatic carbocycles. The van der Waals surface area contributed by atoms with E-state index in [1.807, 2.05) is 36.4 Å². The monoisotopic (exact) mass is 330 g/mol. The molecule has 0 saturated carbocycles. The van der Waals surface area contributed by atoms with Gasteiger partial charge in [-0.15, -0.1) is 11.3 Å². The van der Waals surface area contributed by atoms with E-state index in [0.717, 1.165) is 19.4 Å². The second-order valence-electron chi connectivity index (χ2n) is 3.58. The highest BCUT2D eigenvalue weighted by Crippen LogP contribution is 2.29. The lowest BCUT2D eigenvalue weighted by molar-refractivity contribution is 0.806. The van der Waals surface area contributed by atoms with E-state index >= 15 is 0 Å². The Kier molecular flexibility index (Phi) is 4.45. The van der Waals surface area contributed by atoms with Crippen LogP contribution in [-0.4, -0.2) is 6.54 Å². The molecule has 2 aromatic rings. The Bertz CT molecular complexity index is 484. The quantitative estimate of drug-likeness (QED) is 0.877. The number of thiophene rings is 1. The molecule has 17 heavy (non-hydrogen) atoms. The van der Waals surface area contributed by atoms with Gasteiger partial charge in [0, 0.05) is 21.6 Å². The van der Waals surface area contributed by atoms with Crippen LogP contribution in [0.1, 0.15) is 10.9 Å². The number of hydrogen-bond acceptors (Lipinski definition) is 3. The summed E-state index contributed by atoms with van der Waals surface area (Å²) in [6.07, 6.45) is 0. The minimum absolute atomic E-state index is 0.105. The first-order valence-corrected chi connectivity index (χ1v) is 7.15. The molecule has 0 amide bonds. The van der Waals surface area contributed by atoms with Gasteiger partial charge in [-0.3, -0.25) is 0 Å². The van der Waals surface area contributed by atoms with Crippen LogP contribution in [0.2, 0.25) is 4.34 Å². The zero-order valence-electron chi connectivity index (χ0n) is 8.99. The smallest absolute Gasteiger partial charge is 0.0932 e. The van der Waals surface area contributed by atoms with Crippen LogP contribution in [0.3, 0.4) is 0 Å². The van der Waals surface area contributed by atoms with Gasteiger partial charge in [0.2, 0.25) is 0 Å². The van der Waals surface area contributed by atoms with Gasteiger partial charge in [0.15, 0.2) is 0 Å². The lowest BCUT2D eigenvalue weighted by Crippen LogP contribution is -2.19. The Balaban J connectivity index is 2.12. The Morgan fingerprint density at radius 1 is 1.24 bits per heavy atom. The van der Waals surface area contributed by atoms with E-state index in [-0.39, 0.29) is 6.04 Å². The molecule has 1 heterocycles. The Labute approximate surface area is 118 Å². The molecule has 0 aliphatic rings. The normalized spacial score (nSPS) is 12.4. The number of benzene rings is 1. The molecule has 1 unspecified atom stereocenters. The maximum atomic E-state index is 5.93. The molecular weight excluding hydrogens is 320 g/mol. The minimum atomic E-state index is 0.105. The summed E-state index contributed by atoms with van der Waals surface area (Å²) in [7, 11) is 0. The molecule has 0 saturated heterocycles. The largest absolute Gasteiger partial charge is 0.376 e. The van der Waals surface area contributed by atoms with Crippen LogP contribution >= 0.6 is 38.9 Å². The van der Waals surface area contributed by atoms with E-state index < -0.39 is 0 Å². The van der Waals surface area contributed by atoms with E-state index in [0.29, 0.717) is 6.54 Å². The first-order chi connectivity index (χ1) is 8.19. The summed E-state index contributed by atoms with van der Waals surface area (Å²) >= 11 is 10.9. The van der Waals surface area contributed by atoms with Crippen LogP contribution in [0, 0.1) is 0 Å². The molecule has 3 N–H and O–H groups in total. The molecule has 0 bridgehead atoms. The average Bonchev–Trinajstić information content (AvgIpc) is 2.75. The van der Waals surface area contributed by atoms with E-state index in [1.54, 1.807) is 11.3 Å². The average molecular weight is 332 g/mol. The fourth-order valence-corrected chi connectivity index (χ4v) is 2.90. The van der Waals surface area contributed by atoms with Crippen LogP contribution in [0.5, 0.6) is 0 Å². The van der Waals surface area contributed by atoms with Crippen LogP contribution in [0.25, 0.3) is 0 Å². The van der Waals surface area contributed by atoms with Crippen molar-refractivity contribution in [3.05, 3.63) is 50.1 Å². The zero-order chi connectivity index (χ0) is 12.3. The number of nitrogens with one attached hydrogen (secondary N) is 1. The van der Waals surface area contributed by atoms with Gasteiger partial charge in [0.1, 0.15) is 0 Å². The predicted octanol–water partition coefficient (Wildman–Crippen LogP) is 4.28. The second-order valence-corrected chi connectivity index (χ2v) is 6.24. The summed E-state index contributed by atoms with van der Waals surface area (Å²) in [5.41, 5.74) is 6.83. The van der Waals surface area contributed by atoms with E-state index in [2.05, 4.69) is 21.2 Å². The predicted molar refractivity (Wildman–Crippen MR) is 78.9 cm³/mol. The van der Waals surface area contributed by atoms with Crippen LogP contribution in [-0.2, 0) is 0 Å². The van der Waals surface area contributed by atoms with Crippen LogP contribution in [0.4, 0.5) is 5.69 Å². The highest BCUT2D eigenvalue weighted by atomic mass is 79.9. The topological polar surface area (TPSA) is 38.0 Å². The molecule has 2 rings (SSSR count). The number of rotatable bonds is 4. The van der Waals surface area contributed by atoms with E-state index in [9.17, 15) is 0 Å². The summed E-state index contributed by atoms with van der Waals surface area (Å²) < 4.78 is 1.85. The van der Waals surface area contributed by atoms with E-state index in [4.69, 9.17) is 17.3 Å². The van der Waals surface area contributed by atoms with Crippen molar-refractivity contribution in [2.24, 2.45) is 5.73 Å². The van der Waals surface area contributed by atoms with Gasteiger partial charge in [-0.25, -0.2) is 0 Å². The number of halogens is 2. The maximum absolute atomic E-state index is 5.93. The molecule has 0 aliphatic heterocycles. The SMILES string of the molecule is NCC(Nc1ccc(Br)cc1)c1ccc(Cl)s1. The summed E-state index contributed by atoms with van der Waals surface area (Å²) in [4.78, 5) is 1.15. The van der Waals surface area contributed by atoms with Crippen molar-refractivity contribution >= 4 is 44.6 Å². The lowest BCUT2D eigenvalue weighted by atomic mass is 10.2. The van der Waals surface area contributed by atoms with Crippen LogP contribution < -0.4 is 11.1 Å². The first kappa shape index (κ1) is 12.9. The summed E-state index contributed by atoms with van der Waals surface area (Å²) in [5.74, 6) is 0. The summed E-state index contributed by atoms with van der Waals surface area (Å²) in [5, 5.41) is 3.39. The molecule has 5 heteroatoms. The molecule has 0 radical (unpaired) electrons. The zero-order valence-corrected chi connectivity index (χ0v) is 12.1. The fourth-order valence-electron chi connectivity index (χ4n) is 1.51. The minimum Gasteiger partial charge on any atom is -0.376 e. The van der Waals surface area contributed by atoms with Gasteiger partial charge in [-0.2, -0.15) is 0 Å². The van der Waals surface area contributed by atoms with Gasteiger partial charge in [0.25, 0.3) is 0 Å². The molecule has 0 fully saturated rings. The standard InChI is InChI=1S/C12H12BrClN2S/c13-8-1-3-9(4-2-8)16-10(7-15)11-5-6-12(14)17-11/h1-6,10,16H,7,15H2. The molecule has 90 valence electrons. The Morgan fingerprint density at radius 2 is 1.94 bits per heavy atom. The number of hydrogen-bond donors (Lipinski definition) is 2. The molecule has 0 aliphatic carbocycles. The summed E-state index contributed by atoms with van der Waals surface area (Å²) in [6.45, 7) is 0.535. The maximum Gasteiger partial charge on any atom is 0.0932 e. The van der Waals surface area contributed by atoms with Gasteiger partial charge < -0.3 is 11.1 Å². The van der Waals surface area contributed by atoms with Crippen molar-refractivity contribution in [3.63, 3.8) is 0 Å². The molecule has 0 spiro atoms. The van der Waals surface area contributed by atoms with Crippen molar-refractivity contribution in [3.8, 4) is 0 Å². The molecular formula is C12H12BrClN2S. The highest BCUT2D eigenvalue weighted by Gasteiger charge is 2.11. The van der Waals surface area contributed by atoms with Gasteiger partial charge in [-0.1, -0.05) is 27.5 Å². The third kappa shape index (κ3) is 3.45. The van der Waals surface area contributed by atoms with Crippen molar-refractivity contribution < 1.29 is 0 Å². The Hall–Kier alpha value is -0.550. The van der Waals surface area contributed by atoms with Crippen molar-refractivity contribution in [2.45, 2.75) is 6.04 Å². The Morgan fingerprint density at radius 3 is 2.47 bits per heavy atom. The highest BCUT2D eigenvalue weighted by molar-refractivity contribution is 9.10. The third-order valence-corrected chi connectivity index (χ3v) is 4.23. The molecule has 1 atom stereocenters. The van der Waals surface area contributed by atoms with Gasteiger partial charge in [0.05, 0.1) is 10.4 Å². The van der Waals surface area contributed by atoms with Crippen molar-refractivity contribution in [1.82, 2.24) is 0 Å². The number of anilines is 1. The van der Waals surface area contributed by atoms with E-state index in [1.165, 1.54) is 0 Å². The lowest BCUT2D eigenvalue weighted by Gasteiger charge is -2.16.